The topological polar surface area (TPSA) is 90.4 Å². The van der Waals surface area contributed by atoms with Gasteiger partial charge in [0.1, 0.15) is 11.8 Å². The summed E-state index contributed by atoms with van der Waals surface area (Å²) in [5, 5.41) is 9.76. The number of benzene rings is 2. The molecule has 3 amide bonds. The fourth-order valence-electron chi connectivity index (χ4n) is 7.81. The summed E-state index contributed by atoms with van der Waals surface area (Å²) in [5.41, 5.74) is 1.40. The van der Waals surface area contributed by atoms with E-state index in [1.165, 1.54) is 0 Å². The van der Waals surface area contributed by atoms with Gasteiger partial charge in [0, 0.05) is 47.9 Å². The summed E-state index contributed by atoms with van der Waals surface area (Å²) < 4.78 is 4.86. The van der Waals surface area contributed by atoms with Crippen molar-refractivity contribution in [1.82, 2.24) is 4.90 Å². The second-order valence-electron chi connectivity index (χ2n) is 12.6. The zero-order valence-electron chi connectivity index (χ0n) is 27.4. The van der Waals surface area contributed by atoms with E-state index < -0.39 is 22.6 Å². The van der Waals surface area contributed by atoms with Gasteiger partial charge in [-0.15, -0.1) is 24.9 Å². The molecule has 2 aromatic rings. The van der Waals surface area contributed by atoms with Crippen molar-refractivity contribution < 1.29 is 24.2 Å². The molecule has 3 unspecified atom stereocenters. The van der Waals surface area contributed by atoms with E-state index in [9.17, 15) is 19.5 Å². The van der Waals surface area contributed by atoms with E-state index in [4.69, 9.17) is 16.3 Å². The van der Waals surface area contributed by atoms with Crippen LogP contribution in [0.15, 0.2) is 73.8 Å². The summed E-state index contributed by atoms with van der Waals surface area (Å²) in [6.45, 7) is 13.5. The van der Waals surface area contributed by atoms with Crippen molar-refractivity contribution in [2.75, 3.05) is 42.6 Å². The first-order valence-corrected chi connectivity index (χ1v) is 17.9. The molecule has 252 valence electrons. The fraction of sp³-hybridized carbons (Fsp3) is 0.486. The van der Waals surface area contributed by atoms with Crippen LogP contribution in [0.2, 0.25) is 5.02 Å². The van der Waals surface area contributed by atoms with Gasteiger partial charge in [-0.05, 0) is 80.6 Å². The largest absolute Gasteiger partial charge is 0.494 e. The number of aliphatic hydroxyl groups excluding tert-OH is 1. The number of nitrogens with zero attached hydrogens (tertiary/aromatic N) is 3. The predicted octanol–water partition coefficient (Wildman–Crippen LogP) is 6.37. The molecule has 5 rings (SSSR count). The summed E-state index contributed by atoms with van der Waals surface area (Å²) in [7, 11) is 0. The minimum atomic E-state index is -0.755. The van der Waals surface area contributed by atoms with Gasteiger partial charge >= 0.3 is 0 Å². The number of rotatable bonds is 16. The number of likely N-dealkylation sites (tertiary alicyclic amines) is 1. The standard InChI is InChI=1S/C37H46ClN3O5S/c1-5-20-39(28-16-18-29(19-17-28)46-7-3)34(43)31-30-24-25(4)37(47-30)32(31)35(44)41(22-10-8-9-11-23-42)33(37)36(45)40(21-6-2)27-14-12-26(38)13-15-27/h5-6,12-19,25,30-33,42H,1-2,7-11,20-24H2,3-4H3/t25?,30-,31+,32+,33?,37?/m1/s1. The Balaban J connectivity index is 1.53. The van der Waals surface area contributed by atoms with Crippen molar-refractivity contribution in [2.24, 2.45) is 17.8 Å². The molecule has 1 spiro atoms. The Kier molecular flexibility index (Phi) is 11.4. The molecule has 47 heavy (non-hydrogen) atoms. The SMILES string of the molecule is C=CCN(C(=O)C1N(CCCCCCO)C(=O)[C@@H]2[C@@H](C(=O)N(CC=C)c3ccc(OCC)cc3)[C@H]3CC(C)C12S3)c1ccc(Cl)cc1. The van der Waals surface area contributed by atoms with Crippen LogP contribution < -0.4 is 14.5 Å². The van der Waals surface area contributed by atoms with Crippen LogP contribution in [-0.4, -0.2) is 76.6 Å². The Labute approximate surface area is 287 Å². The van der Waals surface area contributed by atoms with E-state index in [0.29, 0.717) is 48.9 Å². The fourth-order valence-corrected chi connectivity index (χ4v) is 10.3. The summed E-state index contributed by atoms with van der Waals surface area (Å²) >= 11 is 7.87. The Morgan fingerprint density at radius 1 is 1.00 bits per heavy atom. The number of thioether (sulfide) groups is 1. The van der Waals surface area contributed by atoms with Crippen LogP contribution in [0.25, 0.3) is 0 Å². The van der Waals surface area contributed by atoms with Gasteiger partial charge in [-0.1, -0.05) is 43.5 Å². The number of unbranched alkanes of at least 4 members (excludes halogenated alkanes) is 3. The monoisotopic (exact) mass is 679 g/mol. The van der Waals surface area contributed by atoms with E-state index in [1.807, 2.05) is 43.3 Å². The lowest BCUT2D eigenvalue weighted by atomic mass is 9.65. The average Bonchev–Trinajstić information content (AvgIpc) is 3.66. The molecule has 2 aromatic carbocycles. The van der Waals surface area contributed by atoms with E-state index >= 15 is 0 Å². The lowest BCUT2D eigenvalue weighted by Gasteiger charge is -2.41. The van der Waals surface area contributed by atoms with E-state index in [-0.39, 0.29) is 42.0 Å². The highest BCUT2D eigenvalue weighted by Gasteiger charge is 2.76. The molecule has 2 bridgehead atoms. The third-order valence-corrected chi connectivity index (χ3v) is 12.2. The minimum Gasteiger partial charge on any atom is -0.494 e. The van der Waals surface area contributed by atoms with Gasteiger partial charge < -0.3 is 24.5 Å². The second-order valence-corrected chi connectivity index (χ2v) is 14.6. The summed E-state index contributed by atoms with van der Waals surface area (Å²) in [6, 6.07) is 13.8. The number of amides is 3. The molecule has 3 heterocycles. The number of carbonyl (C=O) groups excluding carboxylic acids is 3. The first-order valence-electron chi connectivity index (χ1n) is 16.7. The van der Waals surface area contributed by atoms with Crippen LogP contribution in [0.5, 0.6) is 5.75 Å². The number of hydrogen-bond acceptors (Lipinski definition) is 6. The van der Waals surface area contributed by atoms with E-state index in [2.05, 4.69) is 20.1 Å². The number of ether oxygens (including phenoxy) is 1. The maximum absolute atomic E-state index is 14.9. The highest BCUT2D eigenvalue weighted by Crippen LogP contribution is 2.69. The normalized spacial score (nSPS) is 25.8. The summed E-state index contributed by atoms with van der Waals surface area (Å²) in [4.78, 5) is 49.4. The van der Waals surface area contributed by atoms with Gasteiger partial charge in [-0.3, -0.25) is 14.4 Å². The minimum absolute atomic E-state index is 0.0398. The van der Waals surface area contributed by atoms with Crippen molar-refractivity contribution in [2.45, 2.75) is 62.0 Å². The molecule has 10 heteroatoms. The molecule has 6 atom stereocenters. The Morgan fingerprint density at radius 2 is 1.60 bits per heavy atom. The van der Waals surface area contributed by atoms with Crippen molar-refractivity contribution in [3.8, 4) is 5.75 Å². The highest BCUT2D eigenvalue weighted by atomic mass is 35.5. The third-order valence-electron chi connectivity index (χ3n) is 9.82. The van der Waals surface area contributed by atoms with Crippen molar-refractivity contribution in [1.29, 1.82) is 0 Å². The lowest BCUT2D eigenvalue weighted by molar-refractivity contribution is -0.139. The molecule has 0 radical (unpaired) electrons. The zero-order valence-corrected chi connectivity index (χ0v) is 28.9. The number of fused-ring (bicyclic) bond motifs is 1. The molecule has 3 saturated heterocycles. The quantitative estimate of drug-likeness (QED) is 0.164. The number of halogens is 1. The zero-order chi connectivity index (χ0) is 33.7. The van der Waals surface area contributed by atoms with Gasteiger partial charge in [-0.2, -0.15) is 0 Å². The first kappa shape index (κ1) is 35.0. The van der Waals surface area contributed by atoms with Gasteiger partial charge in [0.25, 0.3) is 5.91 Å². The molecule has 0 saturated carbocycles. The van der Waals surface area contributed by atoms with Crippen LogP contribution in [0, 0.1) is 17.8 Å². The lowest BCUT2D eigenvalue weighted by Crippen LogP contribution is -2.57. The van der Waals surface area contributed by atoms with Gasteiger partial charge in [0.2, 0.25) is 11.8 Å². The van der Waals surface area contributed by atoms with Crippen LogP contribution in [-0.2, 0) is 14.4 Å². The van der Waals surface area contributed by atoms with Crippen LogP contribution in [0.1, 0.15) is 46.0 Å². The smallest absolute Gasteiger partial charge is 0.251 e. The van der Waals surface area contributed by atoms with Gasteiger partial charge in [0.05, 0.1) is 23.2 Å². The van der Waals surface area contributed by atoms with Crippen molar-refractivity contribution in [3.05, 3.63) is 78.9 Å². The first-order chi connectivity index (χ1) is 22.7. The third kappa shape index (κ3) is 6.59. The Morgan fingerprint density at radius 3 is 2.19 bits per heavy atom. The molecule has 0 aromatic heterocycles. The van der Waals surface area contributed by atoms with Gasteiger partial charge in [0.15, 0.2) is 0 Å². The van der Waals surface area contributed by atoms with Crippen LogP contribution >= 0.6 is 23.4 Å². The molecule has 3 aliphatic heterocycles. The molecule has 0 aliphatic carbocycles. The number of aliphatic hydroxyl groups is 1. The van der Waals surface area contributed by atoms with E-state index in [1.54, 1.807) is 50.7 Å². The Hall–Kier alpha value is -3.27. The molecular formula is C37H46ClN3O5S. The average molecular weight is 680 g/mol. The Bertz CT molecular complexity index is 1450. The molecule has 3 fully saturated rings. The number of anilines is 2. The number of hydrogen-bond donors (Lipinski definition) is 1. The van der Waals surface area contributed by atoms with Crippen LogP contribution in [0.4, 0.5) is 11.4 Å². The predicted molar refractivity (Wildman–Crippen MR) is 190 cm³/mol. The maximum atomic E-state index is 14.9. The highest BCUT2D eigenvalue weighted by molar-refractivity contribution is 8.02. The second kappa shape index (κ2) is 15.3. The maximum Gasteiger partial charge on any atom is 0.251 e. The molecule has 1 N–H and O–H groups in total. The number of carbonyl (C=O) groups is 3. The van der Waals surface area contributed by atoms with Crippen molar-refractivity contribution in [3.63, 3.8) is 0 Å². The van der Waals surface area contributed by atoms with Crippen LogP contribution in [0.3, 0.4) is 0 Å². The molecular weight excluding hydrogens is 634 g/mol. The molecule has 3 aliphatic rings. The molecule has 8 nitrogen and oxygen atoms in total. The van der Waals surface area contributed by atoms with E-state index in [0.717, 1.165) is 25.0 Å². The summed E-state index contributed by atoms with van der Waals surface area (Å²) in [5.74, 6) is -0.851. The summed E-state index contributed by atoms with van der Waals surface area (Å²) in [6.07, 6.45) is 7.21. The van der Waals surface area contributed by atoms with Gasteiger partial charge in [-0.25, -0.2) is 0 Å². The van der Waals surface area contributed by atoms with Crippen molar-refractivity contribution >= 4 is 52.5 Å².